The third-order valence-corrected chi connectivity index (χ3v) is 3.95. The van der Waals surface area contributed by atoms with Crippen LogP contribution < -0.4 is 5.32 Å². The topological polar surface area (TPSA) is 92.2 Å². The molecule has 1 amide bonds. The molecule has 0 aromatic carbocycles. The van der Waals surface area contributed by atoms with E-state index in [1.807, 2.05) is 0 Å². The number of nitrogens with zero attached hydrogens (tertiary/aromatic N) is 2. The number of nitrogens with one attached hydrogen (secondary N) is 1. The summed E-state index contributed by atoms with van der Waals surface area (Å²) in [4.78, 5) is 31.4. The van der Waals surface area contributed by atoms with Gasteiger partial charge in [-0.05, 0) is 25.0 Å². The molecule has 0 atom stereocenters. The first-order valence-electron chi connectivity index (χ1n) is 6.10. The van der Waals surface area contributed by atoms with Gasteiger partial charge in [-0.3, -0.25) is 15.1 Å². The summed E-state index contributed by atoms with van der Waals surface area (Å²) in [6.07, 6.45) is 4.97. The number of carboxylic acids is 1. The number of rotatable bonds is 4. The standard InChI is InChI=1S/C13H11N3O3S/c17-11(8-3-5-14-6-4-8)16-13-15-9(7-1-2-7)10(20-13)12(18)19/h3-7H,1-2H2,(H,18,19)(H,15,16,17). The van der Waals surface area contributed by atoms with E-state index in [1.54, 1.807) is 12.1 Å². The summed E-state index contributed by atoms with van der Waals surface area (Å²) in [5, 5.41) is 12.1. The second kappa shape index (κ2) is 5.01. The van der Waals surface area contributed by atoms with Crippen LogP contribution in [0.2, 0.25) is 0 Å². The van der Waals surface area contributed by atoms with Gasteiger partial charge in [0.1, 0.15) is 4.88 Å². The van der Waals surface area contributed by atoms with Gasteiger partial charge in [-0.25, -0.2) is 9.78 Å². The molecule has 0 aliphatic heterocycles. The first-order valence-corrected chi connectivity index (χ1v) is 6.92. The monoisotopic (exact) mass is 289 g/mol. The van der Waals surface area contributed by atoms with E-state index in [0.29, 0.717) is 16.4 Å². The fourth-order valence-corrected chi connectivity index (χ4v) is 2.73. The maximum Gasteiger partial charge on any atom is 0.347 e. The highest BCUT2D eigenvalue weighted by atomic mass is 32.1. The van der Waals surface area contributed by atoms with E-state index in [0.717, 1.165) is 24.2 Å². The molecule has 1 aliphatic carbocycles. The van der Waals surface area contributed by atoms with Gasteiger partial charge >= 0.3 is 5.97 Å². The van der Waals surface area contributed by atoms with Crippen molar-refractivity contribution in [1.82, 2.24) is 9.97 Å². The Kier molecular flexibility index (Phi) is 3.19. The molecular weight excluding hydrogens is 278 g/mol. The molecule has 6 nitrogen and oxygen atoms in total. The summed E-state index contributed by atoms with van der Waals surface area (Å²) in [6, 6.07) is 3.17. The lowest BCUT2D eigenvalue weighted by Gasteiger charge is -2.00. The number of carbonyl (C=O) groups is 2. The van der Waals surface area contributed by atoms with E-state index in [9.17, 15) is 9.59 Å². The largest absolute Gasteiger partial charge is 0.477 e. The van der Waals surface area contributed by atoms with Crippen LogP contribution in [0.25, 0.3) is 0 Å². The zero-order valence-electron chi connectivity index (χ0n) is 10.4. The van der Waals surface area contributed by atoms with Gasteiger partial charge in [0, 0.05) is 23.9 Å². The molecule has 102 valence electrons. The van der Waals surface area contributed by atoms with Gasteiger partial charge in [-0.2, -0.15) is 0 Å². The number of amides is 1. The Morgan fingerprint density at radius 3 is 2.60 bits per heavy atom. The molecule has 2 heterocycles. The third-order valence-electron chi connectivity index (χ3n) is 2.97. The summed E-state index contributed by atoms with van der Waals surface area (Å²) in [6.45, 7) is 0. The summed E-state index contributed by atoms with van der Waals surface area (Å²) < 4.78 is 0. The highest BCUT2D eigenvalue weighted by molar-refractivity contribution is 7.17. The number of carboxylic acid groups (broad SMARTS) is 1. The zero-order valence-corrected chi connectivity index (χ0v) is 11.2. The molecule has 0 saturated heterocycles. The second-order valence-electron chi connectivity index (χ2n) is 4.50. The molecule has 7 heteroatoms. The van der Waals surface area contributed by atoms with E-state index in [1.165, 1.54) is 12.4 Å². The van der Waals surface area contributed by atoms with Crippen LogP contribution in [0.4, 0.5) is 5.13 Å². The third kappa shape index (κ3) is 2.53. The van der Waals surface area contributed by atoms with Gasteiger partial charge < -0.3 is 5.11 Å². The fourth-order valence-electron chi connectivity index (χ4n) is 1.84. The van der Waals surface area contributed by atoms with Gasteiger partial charge in [0.2, 0.25) is 0 Å². The fraction of sp³-hybridized carbons (Fsp3) is 0.231. The molecule has 2 N–H and O–H groups in total. The van der Waals surface area contributed by atoms with Gasteiger partial charge in [0.05, 0.1) is 5.69 Å². The predicted molar refractivity (Wildman–Crippen MR) is 73.2 cm³/mol. The van der Waals surface area contributed by atoms with Crippen molar-refractivity contribution in [2.75, 3.05) is 5.32 Å². The molecule has 0 spiro atoms. The van der Waals surface area contributed by atoms with E-state index >= 15 is 0 Å². The summed E-state index contributed by atoms with van der Waals surface area (Å²) in [7, 11) is 0. The van der Waals surface area contributed by atoms with Crippen molar-refractivity contribution in [1.29, 1.82) is 0 Å². The van der Waals surface area contributed by atoms with Crippen molar-refractivity contribution in [2.45, 2.75) is 18.8 Å². The van der Waals surface area contributed by atoms with Gasteiger partial charge in [-0.15, -0.1) is 0 Å². The smallest absolute Gasteiger partial charge is 0.347 e. The Bertz CT molecular complexity index is 665. The lowest BCUT2D eigenvalue weighted by Crippen LogP contribution is -2.11. The number of hydrogen-bond acceptors (Lipinski definition) is 5. The molecule has 2 aromatic rings. The molecule has 1 fully saturated rings. The number of aromatic nitrogens is 2. The first-order chi connectivity index (χ1) is 9.65. The summed E-state index contributed by atoms with van der Waals surface area (Å²) in [5.74, 6) is -1.09. The number of hydrogen-bond donors (Lipinski definition) is 2. The molecule has 20 heavy (non-hydrogen) atoms. The van der Waals surface area contributed by atoms with Crippen LogP contribution in [0.15, 0.2) is 24.5 Å². The maximum absolute atomic E-state index is 12.0. The first kappa shape index (κ1) is 12.7. The van der Waals surface area contributed by atoms with Crippen molar-refractivity contribution < 1.29 is 14.7 Å². The number of thiazole rings is 1. The minimum absolute atomic E-state index is 0.220. The minimum atomic E-state index is -0.992. The Balaban J connectivity index is 1.83. The van der Waals surface area contributed by atoms with Crippen LogP contribution in [-0.4, -0.2) is 27.0 Å². The zero-order chi connectivity index (χ0) is 14.1. The van der Waals surface area contributed by atoms with Gasteiger partial charge in [0.15, 0.2) is 5.13 Å². The summed E-state index contributed by atoms with van der Waals surface area (Å²) in [5.41, 5.74) is 1.05. The van der Waals surface area contributed by atoms with Crippen LogP contribution >= 0.6 is 11.3 Å². The highest BCUT2D eigenvalue weighted by Gasteiger charge is 2.32. The van der Waals surface area contributed by atoms with E-state index < -0.39 is 5.97 Å². The van der Waals surface area contributed by atoms with Crippen molar-refractivity contribution in [2.24, 2.45) is 0 Å². The lowest BCUT2D eigenvalue weighted by molar-refractivity contribution is 0.0700. The van der Waals surface area contributed by atoms with Gasteiger partial charge in [-0.1, -0.05) is 11.3 Å². The second-order valence-corrected chi connectivity index (χ2v) is 5.50. The molecule has 0 unspecified atom stereocenters. The maximum atomic E-state index is 12.0. The number of pyridine rings is 1. The van der Waals surface area contributed by atoms with Crippen molar-refractivity contribution in [3.63, 3.8) is 0 Å². The molecule has 0 radical (unpaired) electrons. The molecule has 3 rings (SSSR count). The van der Waals surface area contributed by atoms with E-state index in [4.69, 9.17) is 5.11 Å². The molecular formula is C13H11N3O3S. The predicted octanol–water partition coefficient (Wildman–Crippen LogP) is 2.37. The van der Waals surface area contributed by atoms with Gasteiger partial charge in [0.25, 0.3) is 5.91 Å². The van der Waals surface area contributed by atoms with Crippen molar-refractivity contribution in [3.05, 3.63) is 40.7 Å². The van der Waals surface area contributed by atoms with E-state index in [2.05, 4.69) is 15.3 Å². The molecule has 1 saturated carbocycles. The van der Waals surface area contributed by atoms with Crippen LogP contribution in [0, 0.1) is 0 Å². The Morgan fingerprint density at radius 1 is 1.30 bits per heavy atom. The van der Waals surface area contributed by atoms with Crippen molar-refractivity contribution in [3.8, 4) is 0 Å². The molecule has 1 aliphatic rings. The number of anilines is 1. The molecule has 0 bridgehead atoms. The Morgan fingerprint density at radius 2 is 2.00 bits per heavy atom. The van der Waals surface area contributed by atoms with Crippen LogP contribution in [-0.2, 0) is 0 Å². The number of carbonyl (C=O) groups excluding carboxylic acids is 1. The number of aromatic carboxylic acids is 1. The average molecular weight is 289 g/mol. The van der Waals surface area contributed by atoms with Crippen LogP contribution in [0.1, 0.15) is 44.5 Å². The van der Waals surface area contributed by atoms with E-state index in [-0.39, 0.29) is 16.7 Å². The van der Waals surface area contributed by atoms with Crippen LogP contribution in [0.5, 0.6) is 0 Å². The minimum Gasteiger partial charge on any atom is -0.477 e. The van der Waals surface area contributed by atoms with Crippen LogP contribution in [0.3, 0.4) is 0 Å². The Labute approximate surface area is 118 Å². The highest BCUT2D eigenvalue weighted by Crippen LogP contribution is 2.43. The Hall–Kier alpha value is -2.28. The quantitative estimate of drug-likeness (QED) is 0.901. The van der Waals surface area contributed by atoms with Crippen molar-refractivity contribution >= 4 is 28.3 Å². The average Bonchev–Trinajstić information content (AvgIpc) is 3.21. The normalized spacial score (nSPS) is 14.0. The lowest BCUT2D eigenvalue weighted by atomic mass is 10.2. The molecule has 2 aromatic heterocycles. The SMILES string of the molecule is O=C(Nc1nc(C2CC2)c(C(=O)O)s1)c1ccncc1. The summed E-state index contributed by atoms with van der Waals surface area (Å²) >= 11 is 1.00.